The first kappa shape index (κ1) is 16.8. The summed E-state index contributed by atoms with van der Waals surface area (Å²) in [6.45, 7) is 5.13. The van der Waals surface area contributed by atoms with Crippen LogP contribution in [-0.4, -0.2) is 66.2 Å². The zero-order valence-corrected chi connectivity index (χ0v) is 12.9. The molecule has 1 heterocycles. The summed E-state index contributed by atoms with van der Waals surface area (Å²) in [5.41, 5.74) is 0. The zero-order chi connectivity index (χ0) is 15.3. The van der Waals surface area contributed by atoms with Gasteiger partial charge in [-0.25, -0.2) is 9.59 Å². The predicted molar refractivity (Wildman–Crippen MR) is 77.7 cm³/mol. The predicted octanol–water partition coefficient (Wildman–Crippen LogP) is 1.22. The minimum atomic E-state index is -0.964. The summed E-state index contributed by atoms with van der Waals surface area (Å²) in [5, 5.41) is 11.9. The van der Waals surface area contributed by atoms with Crippen LogP contribution in [0.2, 0.25) is 0 Å². The van der Waals surface area contributed by atoms with E-state index in [1.165, 1.54) is 0 Å². The molecule has 0 aromatic rings. The first-order valence-corrected chi connectivity index (χ1v) is 7.31. The van der Waals surface area contributed by atoms with Crippen molar-refractivity contribution in [3.05, 3.63) is 0 Å². The van der Waals surface area contributed by atoms with Crippen molar-refractivity contribution in [3.63, 3.8) is 0 Å². The number of nitrogens with one attached hydrogen (secondary N) is 1. The van der Waals surface area contributed by atoms with Crippen molar-refractivity contribution in [1.29, 1.82) is 0 Å². The summed E-state index contributed by atoms with van der Waals surface area (Å²) in [7, 11) is 4.01. The van der Waals surface area contributed by atoms with Crippen molar-refractivity contribution >= 4 is 12.0 Å². The molecular formula is C14H27N3O3. The number of likely N-dealkylation sites (tertiary alicyclic amines) is 1. The molecule has 1 aliphatic rings. The molecular weight excluding hydrogens is 258 g/mol. The number of urea groups is 1. The number of nitrogens with zero attached hydrogens (tertiary/aromatic N) is 2. The monoisotopic (exact) mass is 285 g/mol. The third kappa shape index (κ3) is 4.37. The molecule has 116 valence electrons. The van der Waals surface area contributed by atoms with Gasteiger partial charge >= 0.3 is 12.0 Å². The van der Waals surface area contributed by atoms with Crippen LogP contribution in [-0.2, 0) is 4.79 Å². The Balaban J connectivity index is 2.62. The van der Waals surface area contributed by atoms with E-state index in [1.807, 2.05) is 27.9 Å². The summed E-state index contributed by atoms with van der Waals surface area (Å²) >= 11 is 0. The van der Waals surface area contributed by atoms with Gasteiger partial charge in [-0.3, -0.25) is 0 Å². The van der Waals surface area contributed by atoms with Crippen LogP contribution in [0.15, 0.2) is 0 Å². The van der Waals surface area contributed by atoms with Gasteiger partial charge in [0.1, 0.15) is 6.04 Å². The average Bonchev–Trinajstić information content (AvgIpc) is 2.43. The molecule has 3 atom stereocenters. The lowest BCUT2D eigenvalue weighted by atomic mass is 9.99. The van der Waals surface area contributed by atoms with Gasteiger partial charge < -0.3 is 20.2 Å². The van der Waals surface area contributed by atoms with Crippen molar-refractivity contribution in [2.24, 2.45) is 5.92 Å². The first-order valence-electron chi connectivity index (χ1n) is 7.31. The number of hydrogen-bond donors (Lipinski definition) is 2. The number of carboxylic acids is 1. The highest BCUT2D eigenvalue weighted by atomic mass is 16.4. The summed E-state index contributed by atoms with van der Waals surface area (Å²) in [6.07, 6.45) is 2.75. The Morgan fingerprint density at radius 3 is 2.60 bits per heavy atom. The minimum absolute atomic E-state index is 0.0779. The molecule has 20 heavy (non-hydrogen) atoms. The van der Waals surface area contributed by atoms with E-state index >= 15 is 0 Å². The van der Waals surface area contributed by atoms with E-state index < -0.39 is 12.0 Å². The number of carbonyl (C=O) groups is 2. The van der Waals surface area contributed by atoms with Crippen molar-refractivity contribution < 1.29 is 14.7 Å². The molecule has 0 saturated carbocycles. The standard InChI is InChI=1S/C14H27N3O3/c1-5-10(2)12(13(18)19)15-14(20)17-8-6-7-11(9-17)16(3)4/h10-12H,5-9H2,1-4H3,(H,15,20)(H,18,19). The van der Waals surface area contributed by atoms with Crippen LogP contribution < -0.4 is 5.32 Å². The molecule has 1 fully saturated rings. The third-order valence-electron chi connectivity index (χ3n) is 4.17. The second kappa shape index (κ2) is 7.47. The Labute approximate surface area is 121 Å². The van der Waals surface area contributed by atoms with Gasteiger partial charge in [0.2, 0.25) is 0 Å². The van der Waals surface area contributed by atoms with E-state index in [1.54, 1.807) is 4.90 Å². The van der Waals surface area contributed by atoms with Crippen LogP contribution in [0.4, 0.5) is 4.79 Å². The van der Waals surface area contributed by atoms with Crippen LogP contribution in [0, 0.1) is 5.92 Å². The fourth-order valence-electron chi connectivity index (χ4n) is 2.47. The normalized spacial score (nSPS) is 22.4. The fourth-order valence-corrected chi connectivity index (χ4v) is 2.47. The largest absolute Gasteiger partial charge is 0.480 e. The topological polar surface area (TPSA) is 72.9 Å². The van der Waals surface area contributed by atoms with E-state index in [0.29, 0.717) is 19.1 Å². The van der Waals surface area contributed by atoms with Crippen LogP contribution in [0.3, 0.4) is 0 Å². The quantitative estimate of drug-likeness (QED) is 0.796. The number of amides is 2. The second-order valence-corrected chi connectivity index (χ2v) is 5.86. The van der Waals surface area contributed by atoms with E-state index in [9.17, 15) is 14.7 Å². The number of rotatable bonds is 5. The first-order chi connectivity index (χ1) is 9.36. The van der Waals surface area contributed by atoms with E-state index in [0.717, 1.165) is 19.3 Å². The van der Waals surface area contributed by atoms with Crippen LogP contribution in [0.25, 0.3) is 0 Å². The molecule has 0 radical (unpaired) electrons. The fraction of sp³-hybridized carbons (Fsp3) is 0.857. The molecule has 0 aliphatic carbocycles. The van der Waals surface area contributed by atoms with Crippen LogP contribution >= 0.6 is 0 Å². The van der Waals surface area contributed by atoms with Crippen molar-refractivity contribution in [2.75, 3.05) is 27.2 Å². The van der Waals surface area contributed by atoms with Gasteiger partial charge in [0.05, 0.1) is 0 Å². The summed E-state index contributed by atoms with van der Waals surface area (Å²) in [5.74, 6) is -1.04. The van der Waals surface area contributed by atoms with Gasteiger partial charge in [0.15, 0.2) is 0 Å². The third-order valence-corrected chi connectivity index (χ3v) is 4.17. The number of carboxylic acid groups (broad SMARTS) is 1. The van der Waals surface area contributed by atoms with Gasteiger partial charge in [-0.05, 0) is 32.9 Å². The molecule has 0 aromatic heterocycles. The van der Waals surface area contributed by atoms with E-state index in [2.05, 4.69) is 10.2 Å². The van der Waals surface area contributed by atoms with Crippen molar-refractivity contribution in [3.8, 4) is 0 Å². The lowest BCUT2D eigenvalue weighted by molar-refractivity contribution is -0.140. The Kier molecular flexibility index (Phi) is 6.26. The molecule has 0 aromatic carbocycles. The Bertz CT molecular complexity index is 347. The van der Waals surface area contributed by atoms with Crippen molar-refractivity contribution in [1.82, 2.24) is 15.1 Å². The van der Waals surface area contributed by atoms with Gasteiger partial charge in [-0.1, -0.05) is 20.3 Å². The molecule has 6 nitrogen and oxygen atoms in total. The van der Waals surface area contributed by atoms with Gasteiger partial charge in [-0.15, -0.1) is 0 Å². The molecule has 3 unspecified atom stereocenters. The smallest absolute Gasteiger partial charge is 0.326 e. The van der Waals surface area contributed by atoms with E-state index in [-0.39, 0.29) is 11.9 Å². The summed E-state index contributed by atoms with van der Waals surface area (Å²) < 4.78 is 0. The van der Waals surface area contributed by atoms with Crippen LogP contribution in [0.5, 0.6) is 0 Å². The number of piperidine rings is 1. The average molecular weight is 285 g/mol. The van der Waals surface area contributed by atoms with Gasteiger partial charge in [-0.2, -0.15) is 0 Å². The Hall–Kier alpha value is -1.30. The maximum absolute atomic E-state index is 12.2. The second-order valence-electron chi connectivity index (χ2n) is 5.86. The number of likely N-dealkylation sites (N-methyl/N-ethyl adjacent to an activating group) is 1. The van der Waals surface area contributed by atoms with Crippen LogP contribution in [0.1, 0.15) is 33.1 Å². The Morgan fingerprint density at radius 1 is 1.45 bits per heavy atom. The molecule has 2 amide bonds. The van der Waals surface area contributed by atoms with E-state index in [4.69, 9.17) is 0 Å². The highest BCUT2D eigenvalue weighted by Gasteiger charge is 2.30. The number of aliphatic carboxylic acids is 1. The lowest BCUT2D eigenvalue weighted by Crippen LogP contribution is -2.55. The summed E-state index contributed by atoms with van der Waals surface area (Å²) in [4.78, 5) is 27.3. The highest BCUT2D eigenvalue weighted by molar-refractivity contribution is 5.82. The van der Waals surface area contributed by atoms with Crippen molar-refractivity contribution in [2.45, 2.75) is 45.2 Å². The number of hydrogen-bond acceptors (Lipinski definition) is 3. The minimum Gasteiger partial charge on any atom is -0.480 e. The molecule has 1 aliphatic heterocycles. The van der Waals surface area contributed by atoms with Gasteiger partial charge in [0.25, 0.3) is 0 Å². The maximum atomic E-state index is 12.2. The summed E-state index contributed by atoms with van der Waals surface area (Å²) in [6, 6.07) is -0.724. The molecule has 0 spiro atoms. The lowest BCUT2D eigenvalue weighted by Gasteiger charge is -2.36. The Morgan fingerprint density at radius 2 is 2.10 bits per heavy atom. The SMILES string of the molecule is CCC(C)C(NC(=O)N1CCCC(N(C)C)C1)C(=O)O. The molecule has 1 saturated heterocycles. The molecule has 1 rings (SSSR count). The molecule has 6 heteroatoms. The highest BCUT2D eigenvalue weighted by Crippen LogP contribution is 2.15. The molecule has 0 bridgehead atoms. The molecule has 2 N–H and O–H groups in total. The number of carbonyl (C=O) groups excluding carboxylic acids is 1. The zero-order valence-electron chi connectivity index (χ0n) is 12.9. The van der Waals surface area contributed by atoms with Gasteiger partial charge in [0, 0.05) is 19.1 Å². The maximum Gasteiger partial charge on any atom is 0.326 e.